The van der Waals surface area contributed by atoms with Crippen molar-refractivity contribution in [3.05, 3.63) is 28.4 Å². The molecule has 1 atom stereocenters. The second-order valence-electron chi connectivity index (χ2n) is 4.59. The van der Waals surface area contributed by atoms with Crippen LogP contribution in [0.5, 0.6) is 5.75 Å². The highest BCUT2D eigenvalue weighted by molar-refractivity contribution is 8.00. The van der Waals surface area contributed by atoms with Gasteiger partial charge >= 0.3 is 11.8 Å². The van der Waals surface area contributed by atoms with Crippen molar-refractivity contribution in [2.45, 2.75) is 5.25 Å². The van der Waals surface area contributed by atoms with Gasteiger partial charge in [0, 0.05) is 18.8 Å². The SMILES string of the molecule is COC(=O)[C@H]1CN(C(=O)COc2cccnc2[N+](=O)[O-])CCS1. The number of nitro groups is 1. The Balaban J connectivity index is 1.95. The van der Waals surface area contributed by atoms with E-state index in [0.717, 1.165) is 0 Å². The molecule has 0 spiro atoms. The first-order chi connectivity index (χ1) is 11.0. The molecule has 1 aromatic rings. The second-order valence-corrected chi connectivity index (χ2v) is 5.90. The Labute approximate surface area is 136 Å². The van der Waals surface area contributed by atoms with E-state index in [1.54, 1.807) is 0 Å². The van der Waals surface area contributed by atoms with E-state index in [2.05, 4.69) is 9.72 Å². The number of hydrogen-bond donors (Lipinski definition) is 0. The van der Waals surface area contributed by atoms with Gasteiger partial charge < -0.3 is 24.5 Å². The van der Waals surface area contributed by atoms with Crippen molar-refractivity contribution in [2.75, 3.05) is 32.6 Å². The zero-order valence-corrected chi connectivity index (χ0v) is 13.2. The van der Waals surface area contributed by atoms with Gasteiger partial charge in [-0.25, -0.2) is 0 Å². The molecule has 2 heterocycles. The summed E-state index contributed by atoms with van der Waals surface area (Å²) >= 11 is 1.43. The van der Waals surface area contributed by atoms with Crippen molar-refractivity contribution < 1.29 is 24.0 Å². The third kappa shape index (κ3) is 4.31. The van der Waals surface area contributed by atoms with Crippen molar-refractivity contribution in [3.8, 4) is 5.75 Å². The first-order valence-corrected chi connectivity index (χ1v) is 7.77. The Kier molecular flexibility index (Phi) is 5.74. The average molecular weight is 341 g/mol. The Morgan fingerprint density at radius 3 is 3.04 bits per heavy atom. The fourth-order valence-electron chi connectivity index (χ4n) is 2.01. The maximum absolute atomic E-state index is 12.2. The van der Waals surface area contributed by atoms with Crippen LogP contribution in [0.2, 0.25) is 0 Å². The standard InChI is InChI=1S/C13H15N3O6S/c1-21-13(18)10-7-15(5-6-23-10)11(17)8-22-9-3-2-4-14-12(9)16(19)20/h2-4,10H,5-8H2,1H3/t10-/m1/s1. The van der Waals surface area contributed by atoms with Crippen LogP contribution in [-0.4, -0.2) is 64.5 Å². The number of carbonyl (C=O) groups is 2. The number of rotatable bonds is 5. The monoisotopic (exact) mass is 341 g/mol. The van der Waals surface area contributed by atoms with Crippen LogP contribution in [0.3, 0.4) is 0 Å². The van der Waals surface area contributed by atoms with E-state index in [9.17, 15) is 19.7 Å². The molecule has 0 N–H and O–H groups in total. The summed E-state index contributed by atoms with van der Waals surface area (Å²) in [5.41, 5.74) is 0. The normalized spacial score (nSPS) is 17.4. The van der Waals surface area contributed by atoms with Gasteiger partial charge in [0.05, 0.1) is 7.11 Å². The Hall–Kier alpha value is -2.36. The number of hydrogen-bond acceptors (Lipinski definition) is 8. The van der Waals surface area contributed by atoms with Crippen LogP contribution in [0.4, 0.5) is 5.82 Å². The van der Waals surface area contributed by atoms with Gasteiger partial charge in [-0.2, -0.15) is 0 Å². The smallest absolute Gasteiger partial charge is 0.406 e. The molecule has 0 radical (unpaired) electrons. The number of nitrogens with zero attached hydrogens (tertiary/aromatic N) is 3. The highest BCUT2D eigenvalue weighted by Crippen LogP contribution is 2.23. The molecule has 0 saturated carbocycles. The molecule has 1 aliphatic heterocycles. The molecule has 0 unspecified atom stereocenters. The molecular formula is C13H15N3O6S. The summed E-state index contributed by atoms with van der Waals surface area (Å²) < 4.78 is 9.89. The quantitative estimate of drug-likeness (QED) is 0.432. The van der Waals surface area contributed by atoms with Gasteiger partial charge in [0.25, 0.3) is 5.91 Å². The van der Waals surface area contributed by atoms with E-state index in [0.29, 0.717) is 12.3 Å². The highest BCUT2D eigenvalue weighted by atomic mass is 32.2. The van der Waals surface area contributed by atoms with Crippen LogP contribution in [0.15, 0.2) is 18.3 Å². The fourth-order valence-corrected chi connectivity index (χ4v) is 3.14. The van der Waals surface area contributed by atoms with Gasteiger partial charge in [0.1, 0.15) is 11.4 Å². The average Bonchev–Trinajstić information content (AvgIpc) is 2.59. The minimum atomic E-state index is -0.676. The summed E-state index contributed by atoms with van der Waals surface area (Å²) in [6, 6.07) is 2.86. The van der Waals surface area contributed by atoms with E-state index in [4.69, 9.17) is 4.74 Å². The predicted octanol–water partition coefficient (Wildman–Crippen LogP) is 0.486. The molecule has 9 nitrogen and oxygen atoms in total. The Bertz CT molecular complexity index is 611. The predicted molar refractivity (Wildman–Crippen MR) is 81.2 cm³/mol. The molecule has 10 heteroatoms. The van der Waals surface area contributed by atoms with E-state index in [1.807, 2.05) is 0 Å². The number of ether oxygens (including phenoxy) is 2. The summed E-state index contributed by atoms with van der Waals surface area (Å²) in [5.74, 6) is -0.629. The molecular weight excluding hydrogens is 326 g/mol. The molecule has 2 rings (SSSR count). The molecule has 124 valence electrons. The Morgan fingerprint density at radius 2 is 2.35 bits per heavy atom. The van der Waals surface area contributed by atoms with Crippen LogP contribution >= 0.6 is 11.8 Å². The van der Waals surface area contributed by atoms with E-state index in [1.165, 1.54) is 42.1 Å². The summed E-state index contributed by atoms with van der Waals surface area (Å²) in [6.07, 6.45) is 1.27. The Morgan fingerprint density at radius 1 is 1.57 bits per heavy atom. The van der Waals surface area contributed by atoms with Crippen LogP contribution in [0.25, 0.3) is 0 Å². The minimum Gasteiger partial charge on any atom is -0.476 e. The molecule has 1 fully saturated rings. The van der Waals surface area contributed by atoms with Gasteiger partial charge in [-0.3, -0.25) is 9.59 Å². The largest absolute Gasteiger partial charge is 0.476 e. The number of esters is 1. The van der Waals surface area contributed by atoms with Crippen molar-refractivity contribution in [3.63, 3.8) is 0 Å². The molecule has 1 amide bonds. The first-order valence-electron chi connectivity index (χ1n) is 6.72. The lowest BCUT2D eigenvalue weighted by Gasteiger charge is -2.30. The maximum Gasteiger partial charge on any atom is 0.406 e. The van der Waals surface area contributed by atoms with Crippen LogP contribution < -0.4 is 4.74 Å². The van der Waals surface area contributed by atoms with Gasteiger partial charge in [0.15, 0.2) is 6.61 Å². The van der Waals surface area contributed by atoms with E-state index in [-0.39, 0.29) is 30.8 Å². The summed E-state index contributed by atoms with van der Waals surface area (Å²) in [6.45, 7) is 0.356. The topological polar surface area (TPSA) is 112 Å². The van der Waals surface area contributed by atoms with Crippen molar-refractivity contribution in [1.82, 2.24) is 9.88 Å². The van der Waals surface area contributed by atoms with Crippen molar-refractivity contribution in [1.29, 1.82) is 0 Å². The molecule has 0 bridgehead atoms. The second kappa shape index (κ2) is 7.77. The maximum atomic E-state index is 12.2. The van der Waals surface area contributed by atoms with Gasteiger partial charge in [-0.15, -0.1) is 11.8 Å². The molecule has 0 aromatic carbocycles. The minimum absolute atomic E-state index is 0.0678. The van der Waals surface area contributed by atoms with Crippen LogP contribution in [-0.2, 0) is 14.3 Å². The lowest BCUT2D eigenvalue weighted by atomic mass is 10.3. The first kappa shape index (κ1) is 17.0. The van der Waals surface area contributed by atoms with Crippen molar-refractivity contribution in [2.24, 2.45) is 0 Å². The number of carbonyl (C=O) groups excluding carboxylic acids is 2. The van der Waals surface area contributed by atoms with E-state index < -0.39 is 16.0 Å². The molecule has 23 heavy (non-hydrogen) atoms. The molecule has 1 aromatic heterocycles. The van der Waals surface area contributed by atoms with Crippen LogP contribution in [0, 0.1) is 10.1 Å². The number of aromatic nitrogens is 1. The van der Waals surface area contributed by atoms with Gasteiger partial charge in [0.2, 0.25) is 5.75 Å². The summed E-state index contributed by atoms with van der Waals surface area (Å²) in [5, 5.41) is 10.4. The lowest BCUT2D eigenvalue weighted by molar-refractivity contribution is -0.390. The van der Waals surface area contributed by atoms with Crippen LogP contribution in [0.1, 0.15) is 0 Å². The highest BCUT2D eigenvalue weighted by Gasteiger charge is 2.30. The number of pyridine rings is 1. The van der Waals surface area contributed by atoms with Crippen molar-refractivity contribution >= 4 is 29.5 Å². The zero-order chi connectivity index (χ0) is 16.8. The summed E-state index contributed by atoms with van der Waals surface area (Å²) in [7, 11) is 1.30. The van der Waals surface area contributed by atoms with Gasteiger partial charge in [-0.05, 0) is 22.0 Å². The number of amides is 1. The molecule has 0 aliphatic carbocycles. The summed E-state index contributed by atoms with van der Waals surface area (Å²) in [4.78, 5) is 38.9. The fraction of sp³-hybridized carbons (Fsp3) is 0.462. The zero-order valence-electron chi connectivity index (χ0n) is 12.3. The third-order valence-corrected chi connectivity index (χ3v) is 4.32. The van der Waals surface area contributed by atoms with E-state index >= 15 is 0 Å². The number of methoxy groups -OCH3 is 1. The third-order valence-electron chi connectivity index (χ3n) is 3.16. The molecule has 1 aliphatic rings. The number of thioether (sulfide) groups is 1. The van der Waals surface area contributed by atoms with Gasteiger partial charge in [-0.1, -0.05) is 0 Å². The lowest BCUT2D eigenvalue weighted by Crippen LogP contribution is -2.46. The molecule has 1 saturated heterocycles.